The minimum atomic E-state index is -3.91. The summed E-state index contributed by atoms with van der Waals surface area (Å²) in [5, 5.41) is 4.96. The van der Waals surface area contributed by atoms with E-state index in [9.17, 15) is 36.8 Å². The third-order valence-electron chi connectivity index (χ3n) is 10.3. The summed E-state index contributed by atoms with van der Waals surface area (Å²) in [5.41, 5.74) is -2.05. The summed E-state index contributed by atoms with van der Waals surface area (Å²) in [6, 6.07) is 3.07. The van der Waals surface area contributed by atoms with Crippen molar-refractivity contribution in [3.63, 3.8) is 0 Å². The van der Waals surface area contributed by atoms with E-state index in [2.05, 4.69) is 15.4 Å². The van der Waals surface area contributed by atoms with E-state index in [0.29, 0.717) is 32.1 Å². The van der Waals surface area contributed by atoms with Crippen molar-refractivity contribution < 1.29 is 41.5 Å². The molecule has 0 radical (unpaired) electrons. The van der Waals surface area contributed by atoms with Crippen LogP contribution in [0.15, 0.2) is 36.4 Å². The van der Waals surface area contributed by atoms with E-state index < -0.39 is 80.0 Å². The molecule has 15 heteroatoms. The first-order valence-electron chi connectivity index (χ1n) is 17.5. The van der Waals surface area contributed by atoms with E-state index in [4.69, 9.17) is 4.74 Å². The van der Waals surface area contributed by atoms with E-state index in [1.54, 1.807) is 25.7 Å². The van der Waals surface area contributed by atoms with Gasteiger partial charge < -0.3 is 25.2 Å². The van der Waals surface area contributed by atoms with Gasteiger partial charge in [0, 0.05) is 43.0 Å². The zero-order valence-corrected chi connectivity index (χ0v) is 29.5. The molecular weight excluding hydrogens is 669 g/mol. The van der Waals surface area contributed by atoms with Gasteiger partial charge in [0.05, 0.1) is 5.25 Å². The highest BCUT2D eigenvalue weighted by atomic mass is 32.2. The van der Waals surface area contributed by atoms with Gasteiger partial charge in [0.2, 0.25) is 21.8 Å². The number of nitrogens with zero attached hydrogens (tertiary/aromatic N) is 2. The number of rotatable bonds is 5. The van der Waals surface area contributed by atoms with Crippen LogP contribution >= 0.6 is 0 Å². The van der Waals surface area contributed by atoms with Crippen LogP contribution in [0, 0.1) is 23.6 Å². The smallest absolute Gasteiger partial charge is 0.408 e. The molecule has 2 aliphatic carbocycles. The van der Waals surface area contributed by atoms with Crippen LogP contribution in [0.4, 0.5) is 9.18 Å². The predicted octanol–water partition coefficient (Wildman–Crippen LogP) is 2.62. The number of amides is 5. The number of carbonyl (C=O) groups is 5. The Hall–Kier alpha value is -4.01. The fourth-order valence-corrected chi connectivity index (χ4v) is 8.83. The molecule has 0 bridgehead atoms. The molecule has 272 valence electrons. The molecule has 5 aliphatic rings. The number of benzene rings is 1. The van der Waals surface area contributed by atoms with E-state index in [1.165, 1.54) is 29.2 Å². The molecule has 50 heavy (non-hydrogen) atoms. The normalized spacial score (nSPS) is 30.8. The minimum absolute atomic E-state index is 0.111. The van der Waals surface area contributed by atoms with Crippen LogP contribution in [-0.4, -0.2) is 96.0 Å². The van der Waals surface area contributed by atoms with Crippen LogP contribution < -0.4 is 15.4 Å². The van der Waals surface area contributed by atoms with Gasteiger partial charge in [-0.3, -0.25) is 23.9 Å². The SMILES string of the molecule is CC(C)(C)OC(=O)N[C@@H]1CCCCC/C=C\[C@@H]2C[C@]2(C(=O)NS(=O)(=O)C2CC2)NC(=O)[C@@H]2[C@H]3CN(C(=O)c4ccc(F)cc4)C[C@H]3CN2C1=O. The van der Waals surface area contributed by atoms with Crippen molar-refractivity contribution in [2.45, 2.75) is 101 Å². The van der Waals surface area contributed by atoms with Crippen molar-refractivity contribution in [1.82, 2.24) is 25.2 Å². The maximum Gasteiger partial charge on any atom is 0.408 e. The molecule has 3 heterocycles. The summed E-state index contributed by atoms with van der Waals surface area (Å²) in [6.07, 6.45) is 7.26. The van der Waals surface area contributed by atoms with Gasteiger partial charge in [-0.25, -0.2) is 17.6 Å². The average Bonchev–Trinajstić information content (AvgIpc) is 3.93. The third-order valence-corrected chi connectivity index (χ3v) is 12.1. The Balaban J connectivity index is 1.30. The zero-order valence-electron chi connectivity index (χ0n) is 28.7. The number of sulfonamides is 1. The fourth-order valence-electron chi connectivity index (χ4n) is 7.46. The summed E-state index contributed by atoms with van der Waals surface area (Å²) >= 11 is 0. The molecule has 0 unspecified atom stereocenters. The molecule has 3 N–H and O–H groups in total. The molecule has 3 aliphatic heterocycles. The molecule has 2 saturated carbocycles. The lowest BCUT2D eigenvalue weighted by Crippen LogP contribution is -2.60. The third kappa shape index (κ3) is 7.66. The second-order valence-corrected chi connectivity index (χ2v) is 17.2. The topological polar surface area (TPSA) is 171 Å². The molecule has 6 atom stereocenters. The Labute approximate surface area is 291 Å². The minimum Gasteiger partial charge on any atom is -0.444 e. The van der Waals surface area contributed by atoms with Crippen molar-refractivity contribution in [3.8, 4) is 0 Å². The molecular formula is C35H46FN5O8S. The number of halogens is 1. The first kappa shape index (κ1) is 35.8. The van der Waals surface area contributed by atoms with Gasteiger partial charge in [-0.15, -0.1) is 0 Å². The number of carbonyl (C=O) groups excluding carboxylic acids is 5. The zero-order chi connectivity index (χ0) is 36.0. The molecule has 1 aromatic rings. The van der Waals surface area contributed by atoms with Crippen LogP contribution in [0.25, 0.3) is 0 Å². The average molecular weight is 716 g/mol. The largest absolute Gasteiger partial charge is 0.444 e. The summed E-state index contributed by atoms with van der Waals surface area (Å²) in [4.78, 5) is 71.9. The van der Waals surface area contributed by atoms with Gasteiger partial charge in [0.1, 0.15) is 29.0 Å². The maximum atomic E-state index is 14.5. The van der Waals surface area contributed by atoms with Crippen LogP contribution in [-0.2, 0) is 29.1 Å². The molecule has 6 rings (SSSR count). The van der Waals surface area contributed by atoms with Gasteiger partial charge in [0.25, 0.3) is 11.8 Å². The Bertz CT molecular complexity index is 1670. The van der Waals surface area contributed by atoms with Gasteiger partial charge in [-0.1, -0.05) is 25.0 Å². The quantitative estimate of drug-likeness (QED) is 0.391. The number of ether oxygens (including phenoxy) is 1. The highest BCUT2D eigenvalue weighted by Gasteiger charge is 2.63. The van der Waals surface area contributed by atoms with Crippen molar-refractivity contribution >= 4 is 39.7 Å². The Morgan fingerprint density at radius 1 is 1.00 bits per heavy atom. The summed E-state index contributed by atoms with van der Waals surface area (Å²) in [6.45, 7) is 5.60. The first-order chi connectivity index (χ1) is 23.6. The van der Waals surface area contributed by atoms with Crippen LogP contribution in [0.2, 0.25) is 0 Å². The number of alkyl carbamates (subject to hydrolysis) is 1. The van der Waals surface area contributed by atoms with Crippen molar-refractivity contribution in [2.24, 2.45) is 17.8 Å². The van der Waals surface area contributed by atoms with Crippen molar-refractivity contribution in [1.29, 1.82) is 0 Å². The number of hydrogen-bond acceptors (Lipinski definition) is 8. The van der Waals surface area contributed by atoms with Crippen LogP contribution in [0.3, 0.4) is 0 Å². The standard InChI is InChI=1S/C35H46FN5O8S/c1-34(2,3)49-33(46)37-27-10-8-6-4-5-7-9-23-17-35(23,32(45)39-50(47,48)25-15-16-25)38-29(42)28-26-20-40(18-22(26)19-41(28)31(27)44)30(43)21-11-13-24(36)14-12-21/h7,9,11-14,22-23,25-28H,4-6,8,10,15-20H2,1-3H3,(H,37,46)(H,38,42)(H,39,45)/b9-7-/t22-,23+,26-,27+,28-,35-/m0/s1. The van der Waals surface area contributed by atoms with E-state index in [1.807, 2.05) is 12.2 Å². The van der Waals surface area contributed by atoms with Gasteiger partial charge in [0.15, 0.2) is 0 Å². The molecule has 2 saturated heterocycles. The van der Waals surface area contributed by atoms with Crippen LogP contribution in [0.1, 0.15) is 82.5 Å². The lowest BCUT2D eigenvalue weighted by atomic mass is 9.93. The molecule has 0 spiro atoms. The monoisotopic (exact) mass is 715 g/mol. The molecule has 1 aromatic carbocycles. The number of nitrogens with one attached hydrogen (secondary N) is 3. The molecule has 4 fully saturated rings. The highest BCUT2D eigenvalue weighted by molar-refractivity contribution is 7.91. The Morgan fingerprint density at radius 3 is 2.40 bits per heavy atom. The van der Waals surface area contributed by atoms with Crippen molar-refractivity contribution in [2.75, 3.05) is 19.6 Å². The van der Waals surface area contributed by atoms with Crippen LogP contribution in [0.5, 0.6) is 0 Å². The first-order valence-corrected chi connectivity index (χ1v) is 19.0. The number of allylic oxidation sites excluding steroid dienone is 1. The van der Waals surface area contributed by atoms with Gasteiger partial charge in [-0.05, 0) is 83.6 Å². The predicted molar refractivity (Wildman–Crippen MR) is 179 cm³/mol. The Kier molecular flexibility index (Phi) is 9.74. The lowest BCUT2D eigenvalue weighted by molar-refractivity contribution is -0.142. The Morgan fingerprint density at radius 2 is 1.72 bits per heavy atom. The second-order valence-electron chi connectivity index (χ2n) is 15.3. The van der Waals surface area contributed by atoms with E-state index in [0.717, 1.165) is 12.8 Å². The molecule has 13 nitrogen and oxygen atoms in total. The lowest BCUT2D eigenvalue weighted by Gasteiger charge is -2.33. The molecule has 5 amide bonds. The second kappa shape index (κ2) is 13.6. The number of fused-ring (bicyclic) bond motifs is 4. The number of likely N-dealkylation sites (tertiary alicyclic amines) is 1. The van der Waals surface area contributed by atoms with E-state index in [-0.39, 0.29) is 43.4 Å². The fraction of sp³-hybridized carbons (Fsp3) is 0.629. The summed E-state index contributed by atoms with van der Waals surface area (Å²) in [5.74, 6) is -4.03. The maximum absolute atomic E-state index is 14.5. The summed E-state index contributed by atoms with van der Waals surface area (Å²) in [7, 11) is -3.91. The highest BCUT2D eigenvalue weighted by Crippen LogP contribution is 2.47. The van der Waals surface area contributed by atoms with Crippen molar-refractivity contribution in [3.05, 3.63) is 47.8 Å². The van der Waals surface area contributed by atoms with Gasteiger partial charge in [-0.2, -0.15) is 0 Å². The molecule has 0 aromatic heterocycles. The summed E-state index contributed by atoms with van der Waals surface area (Å²) < 4.78 is 46.8. The number of hydrogen-bond donors (Lipinski definition) is 3. The van der Waals surface area contributed by atoms with E-state index >= 15 is 0 Å². The van der Waals surface area contributed by atoms with Gasteiger partial charge >= 0.3 is 6.09 Å².